The lowest BCUT2D eigenvalue weighted by Gasteiger charge is -2.30. The number of thioether (sulfide) groups is 1. The average Bonchev–Trinajstić information content (AvgIpc) is 2.65. The molecular formula is C24H33NOS. The number of rotatable bonds is 6. The number of benzene rings is 2. The third kappa shape index (κ3) is 5.37. The van der Waals surface area contributed by atoms with E-state index in [0.29, 0.717) is 12.6 Å². The van der Waals surface area contributed by atoms with Gasteiger partial charge in [0.2, 0.25) is 0 Å². The minimum absolute atomic E-state index is 0.161. The Morgan fingerprint density at radius 1 is 1.15 bits per heavy atom. The SMILES string of the molecule is CC(Cc1ccccc1)C(O)CNC1CSCc2ccc(C(C)(C)C)cc21. The highest BCUT2D eigenvalue weighted by molar-refractivity contribution is 7.98. The van der Waals surface area contributed by atoms with E-state index in [1.165, 1.54) is 22.3 Å². The summed E-state index contributed by atoms with van der Waals surface area (Å²) in [6, 6.07) is 17.7. The summed E-state index contributed by atoms with van der Waals surface area (Å²) in [6.45, 7) is 9.58. The van der Waals surface area contributed by atoms with Crippen LogP contribution in [0.15, 0.2) is 48.5 Å². The Bertz CT molecular complexity index is 738. The maximum Gasteiger partial charge on any atom is 0.0693 e. The molecule has 2 N–H and O–H groups in total. The van der Waals surface area contributed by atoms with Crippen molar-refractivity contribution in [1.29, 1.82) is 0 Å². The van der Waals surface area contributed by atoms with E-state index >= 15 is 0 Å². The molecular weight excluding hydrogens is 350 g/mol. The van der Waals surface area contributed by atoms with E-state index in [-0.39, 0.29) is 17.4 Å². The predicted octanol–water partition coefficient (Wildman–Crippen LogP) is 5.10. The second kappa shape index (κ2) is 8.81. The molecule has 3 unspecified atom stereocenters. The number of nitrogens with one attached hydrogen (secondary N) is 1. The Balaban J connectivity index is 1.63. The van der Waals surface area contributed by atoms with Crippen molar-refractivity contribution in [3.8, 4) is 0 Å². The highest BCUT2D eigenvalue weighted by Crippen LogP contribution is 2.35. The van der Waals surface area contributed by atoms with Crippen molar-refractivity contribution in [2.24, 2.45) is 5.92 Å². The van der Waals surface area contributed by atoms with Gasteiger partial charge >= 0.3 is 0 Å². The smallest absolute Gasteiger partial charge is 0.0693 e. The first-order chi connectivity index (χ1) is 12.8. The molecule has 1 heterocycles. The third-order valence-electron chi connectivity index (χ3n) is 5.56. The second-order valence-corrected chi connectivity index (χ2v) is 9.90. The summed E-state index contributed by atoms with van der Waals surface area (Å²) < 4.78 is 0. The van der Waals surface area contributed by atoms with E-state index in [1.807, 2.05) is 17.8 Å². The van der Waals surface area contributed by atoms with Gasteiger partial charge < -0.3 is 10.4 Å². The van der Waals surface area contributed by atoms with Crippen LogP contribution in [-0.4, -0.2) is 23.5 Å². The molecule has 1 aliphatic rings. The molecule has 3 heteroatoms. The number of fused-ring (bicyclic) bond motifs is 1. The van der Waals surface area contributed by atoms with Crippen LogP contribution >= 0.6 is 11.8 Å². The summed E-state index contributed by atoms with van der Waals surface area (Å²) >= 11 is 1.98. The van der Waals surface area contributed by atoms with E-state index < -0.39 is 0 Å². The number of hydrogen-bond acceptors (Lipinski definition) is 3. The molecule has 0 saturated heterocycles. The van der Waals surface area contributed by atoms with Gasteiger partial charge in [-0.1, -0.05) is 76.2 Å². The molecule has 0 bridgehead atoms. The van der Waals surface area contributed by atoms with Crippen LogP contribution in [0.4, 0.5) is 0 Å². The van der Waals surface area contributed by atoms with Gasteiger partial charge in [-0.3, -0.25) is 0 Å². The minimum Gasteiger partial charge on any atom is -0.392 e. The first-order valence-electron chi connectivity index (χ1n) is 10.0. The fourth-order valence-corrected chi connectivity index (χ4v) is 4.78. The van der Waals surface area contributed by atoms with Gasteiger partial charge in [-0.15, -0.1) is 0 Å². The molecule has 27 heavy (non-hydrogen) atoms. The molecule has 2 aromatic carbocycles. The molecule has 3 rings (SSSR count). The lowest BCUT2D eigenvalue weighted by molar-refractivity contribution is 0.112. The molecule has 0 radical (unpaired) electrons. The summed E-state index contributed by atoms with van der Waals surface area (Å²) in [6.07, 6.45) is 0.569. The van der Waals surface area contributed by atoms with E-state index in [1.54, 1.807) is 0 Å². The lowest BCUT2D eigenvalue weighted by Crippen LogP contribution is -2.37. The van der Waals surface area contributed by atoms with Gasteiger partial charge in [0, 0.05) is 24.1 Å². The van der Waals surface area contributed by atoms with Crippen LogP contribution in [-0.2, 0) is 17.6 Å². The standard InChI is InChI=1S/C24H33NOS/c1-17(12-18-8-6-5-7-9-18)23(26)14-25-22-16-27-15-19-10-11-20(13-21(19)22)24(2,3)4/h5-11,13,17,22-23,25-26H,12,14-16H2,1-4H3. The van der Waals surface area contributed by atoms with E-state index in [4.69, 9.17) is 0 Å². The molecule has 0 saturated carbocycles. The summed E-state index contributed by atoms with van der Waals surface area (Å²) in [4.78, 5) is 0. The topological polar surface area (TPSA) is 32.3 Å². The van der Waals surface area contributed by atoms with Crippen molar-refractivity contribution >= 4 is 11.8 Å². The minimum atomic E-state index is -0.341. The molecule has 2 aromatic rings. The number of aliphatic hydroxyl groups is 1. The van der Waals surface area contributed by atoms with Gasteiger partial charge in [-0.25, -0.2) is 0 Å². The van der Waals surface area contributed by atoms with Gasteiger partial charge in [-0.2, -0.15) is 11.8 Å². The summed E-state index contributed by atoms with van der Waals surface area (Å²) in [5.41, 5.74) is 5.69. The van der Waals surface area contributed by atoms with Crippen LogP contribution in [0, 0.1) is 5.92 Å². The predicted molar refractivity (Wildman–Crippen MR) is 117 cm³/mol. The average molecular weight is 384 g/mol. The molecule has 0 aliphatic carbocycles. The Kier molecular flexibility index (Phi) is 6.67. The zero-order chi connectivity index (χ0) is 19.4. The van der Waals surface area contributed by atoms with Crippen LogP contribution < -0.4 is 5.32 Å². The third-order valence-corrected chi connectivity index (χ3v) is 6.64. The lowest BCUT2D eigenvalue weighted by atomic mass is 9.84. The van der Waals surface area contributed by atoms with Crippen molar-refractivity contribution in [3.63, 3.8) is 0 Å². The highest BCUT2D eigenvalue weighted by Gasteiger charge is 2.24. The van der Waals surface area contributed by atoms with Crippen molar-refractivity contribution in [1.82, 2.24) is 5.32 Å². The quantitative estimate of drug-likeness (QED) is 0.728. The van der Waals surface area contributed by atoms with Crippen LogP contribution in [0.5, 0.6) is 0 Å². The first-order valence-corrected chi connectivity index (χ1v) is 11.2. The fourth-order valence-electron chi connectivity index (χ4n) is 3.65. The second-order valence-electron chi connectivity index (χ2n) is 8.87. The van der Waals surface area contributed by atoms with Crippen molar-refractivity contribution in [2.45, 2.75) is 57.4 Å². The number of hydrogen-bond donors (Lipinski definition) is 2. The van der Waals surface area contributed by atoms with Crippen molar-refractivity contribution in [3.05, 3.63) is 70.8 Å². The summed E-state index contributed by atoms with van der Waals surface area (Å²) in [5, 5.41) is 14.3. The van der Waals surface area contributed by atoms with Crippen LogP contribution in [0.2, 0.25) is 0 Å². The zero-order valence-electron chi connectivity index (χ0n) is 17.0. The Morgan fingerprint density at radius 2 is 1.89 bits per heavy atom. The molecule has 0 aromatic heterocycles. The largest absolute Gasteiger partial charge is 0.392 e. The fraction of sp³-hybridized carbons (Fsp3) is 0.500. The van der Waals surface area contributed by atoms with Crippen LogP contribution in [0.25, 0.3) is 0 Å². The molecule has 146 valence electrons. The zero-order valence-corrected chi connectivity index (χ0v) is 17.9. The Labute approximate surface area is 168 Å². The maximum absolute atomic E-state index is 10.7. The van der Waals surface area contributed by atoms with Gasteiger partial charge in [0.15, 0.2) is 0 Å². The van der Waals surface area contributed by atoms with Gasteiger partial charge in [0.05, 0.1) is 6.10 Å². The van der Waals surface area contributed by atoms with Crippen molar-refractivity contribution in [2.75, 3.05) is 12.3 Å². The Morgan fingerprint density at radius 3 is 2.59 bits per heavy atom. The van der Waals surface area contributed by atoms with Gasteiger partial charge in [0.1, 0.15) is 0 Å². The first kappa shape index (κ1) is 20.4. The van der Waals surface area contributed by atoms with Crippen LogP contribution in [0.1, 0.15) is 56.0 Å². The molecule has 2 nitrogen and oxygen atoms in total. The van der Waals surface area contributed by atoms with E-state index in [2.05, 4.69) is 75.5 Å². The number of aliphatic hydroxyl groups excluding tert-OH is 1. The molecule has 0 spiro atoms. The van der Waals surface area contributed by atoms with E-state index in [9.17, 15) is 5.11 Å². The highest BCUT2D eigenvalue weighted by atomic mass is 32.2. The Hall–Kier alpha value is -1.29. The van der Waals surface area contributed by atoms with Crippen LogP contribution in [0.3, 0.4) is 0 Å². The monoisotopic (exact) mass is 383 g/mol. The van der Waals surface area contributed by atoms with Gasteiger partial charge in [-0.05, 0) is 40.0 Å². The molecule has 0 amide bonds. The maximum atomic E-state index is 10.7. The van der Waals surface area contributed by atoms with Gasteiger partial charge in [0.25, 0.3) is 0 Å². The molecule has 1 aliphatic heterocycles. The van der Waals surface area contributed by atoms with E-state index in [0.717, 1.165) is 17.9 Å². The molecule has 0 fully saturated rings. The normalized spacial score (nSPS) is 19.4. The summed E-state index contributed by atoms with van der Waals surface area (Å²) in [7, 11) is 0. The molecule has 3 atom stereocenters. The van der Waals surface area contributed by atoms with Crippen molar-refractivity contribution < 1.29 is 5.11 Å². The summed E-state index contributed by atoms with van der Waals surface area (Å²) in [5.74, 6) is 2.39.